The fourth-order valence-corrected chi connectivity index (χ4v) is 4.86. The highest BCUT2D eigenvalue weighted by atomic mass is 16.5. The summed E-state index contributed by atoms with van der Waals surface area (Å²) in [5.41, 5.74) is 8.60. The molecule has 0 saturated carbocycles. The molecule has 0 amide bonds. The molecule has 40 heavy (non-hydrogen) atoms. The SMILES string of the molecule is COc1ccc(CN(Cc2ccc(OC)cc2)c2cc(N(C)c3cnc(C#N)cc3C)cc3c2ncn3C)cc1. The van der Waals surface area contributed by atoms with Crippen LogP contribution in [0.25, 0.3) is 11.0 Å². The number of fused-ring (bicyclic) bond motifs is 1. The maximum absolute atomic E-state index is 9.28. The number of methoxy groups -OCH3 is 2. The van der Waals surface area contributed by atoms with Crippen LogP contribution in [0.2, 0.25) is 0 Å². The summed E-state index contributed by atoms with van der Waals surface area (Å²) in [5.74, 6) is 1.65. The molecule has 0 radical (unpaired) electrons. The minimum absolute atomic E-state index is 0.405. The van der Waals surface area contributed by atoms with Crippen molar-refractivity contribution in [3.05, 3.63) is 102 Å². The quantitative estimate of drug-likeness (QED) is 0.226. The molecule has 5 rings (SSSR count). The number of ether oxygens (including phenoxy) is 2. The number of rotatable bonds is 9. The largest absolute Gasteiger partial charge is 0.497 e. The predicted octanol–water partition coefficient (Wildman–Crippen LogP) is 6.14. The van der Waals surface area contributed by atoms with Crippen LogP contribution in [0.15, 0.2) is 79.3 Å². The third kappa shape index (κ3) is 5.40. The Morgan fingerprint density at radius 3 is 1.98 bits per heavy atom. The Kier molecular flexibility index (Phi) is 7.56. The Morgan fingerprint density at radius 2 is 1.45 bits per heavy atom. The van der Waals surface area contributed by atoms with Gasteiger partial charge in [-0.05, 0) is 66.1 Å². The fourth-order valence-electron chi connectivity index (χ4n) is 4.86. The maximum Gasteiger partial charge on any atom is 0.140 e. The highest BCUT2D eigenvalue weighted by Crippen LogP contribution is 2.36. The minimum Gasteiger partial charge on any atom is -0.497 e. The molecule has 5 aromatic rings. The smallest absolute Gasteiger partial charge is 0.140 e. The van der Waals surface area contributed by atoms with Crippen LogP contribution in [0.3, 0.4) is 0 Å². The van der Waals surface area contributed by atoms with Crippen molar-refractivity contribution < 1.29 is 9.47 Å². The first-order valence-electron chi connectivity index (χ1n) is 13.0. The molecule has 0 saturated heterocycles. The Labute approximate surface area is 234 Å². The Morgan fingerprint density at radius 1 is 0.850 bits per heavy atom. The van der Waals surface area contributed by atoms with Crippen molar-refractivity contribution in [1.82, 2.24) is 14.5 Å². The van der Waals surface area contributed by atoms with Gasteiger partial charge in [-0.3, -0.25) is 0 Å². The zero-order chi connectivity index (χ0) is 28.2. The summed E-state index contributed by atoms with van der Waals surface area (Å²) >= 11 is 0. The number of benzene rings is 3. The number of pyridine rings is 1. The molecule has 2 heterocycles. The van der Waals surface area contributed by atoms with Crippen LogP contribution in [-0.4, -0.2) is 35.8 Å². The van der Waals surface area contributed by atoms with Gasteiger partial charge in [-0.2, -0.15) is 5.26 Å². The number of nitriles is 1. The molecule has 8 nitrogen and oxygen atoms in total. The predicted molar refractivity (Wildman–Crippen MR) is 158 cm³/mol. The molecule has 0 bridgehead atoms. The van der Waals surface area contributed by atoms with Crippen molar-refractivity contribution in [2.24, 2.45) is 7.05 Å². The summed E-state index contributed by atoms with van der Waals surface area (Å²) < 4.78 is 12.8. The van der Waals surface area contributed by atoms with Gasteiger partial charge < -0.3 is 23.8 Å². The van der Waals surface area contributed by atoms with Crippen LogP contribution in [-0.2, 0) is 20.1 Å². The molecule has 8 heteroatoms. The highest BCUT2D eigenvalue weighted by molar-refractivity contribution is 5.93. The van der Waals surface area contributed by atoms with Crippen molar-refractivity contribution in [3.8, 4) is 17.6 Å². The van der Waals surface area contributed by atoms with E-state index in [1.165, 1.54) is 0 Å². The standard InChI is InChI=1S/C32H32N6O2/c1-22-14-25(17-33)34-18-31(22)37(3)26-15-29-32(35-21-36(29)2)30(16-26)38(19-23-6-10-27(39-4)11-7-23)20-24-8-12-28(40-5)13-9-24/h6-16,18,21H,19-20H2,1-5H3. The number of anilines is 3. The third-order valence-corrected chi connectivity index (χ3v) is 7.15. The monoisotopic (exact) mass is 532 g/mol. The third-order valence-electron chi connectivity index (χ3n) is 7.15. The molecule has 0 aliphatic carbocycles. The van der Waals surface area contributed by atoms with Gasteiger partial charge in [0, 0.05) is 32.9 Å². The number of imidazole rings is 1. The first-order valence-corrected chi connectivity index (χ1v) is 13.0. The summed E-state index contributed by atoms with van der Waals surface area (Å²) in [6.07, 6.45) is 3.61. The van der Waals surface area contributed by atoms with Gasteiger partial charge >= 0.3 is 0 Å². The van der Waals surface area contributed by atoms with E-state index in [9.17, 15) is 5.26 Å². The van der Waals surface area contributed by atoms with E-state index >= 15 is 0 Å². The Hall–Kier alpha value is -5.03. The lowest BCUT2D eigenvalue weighted by Gasteiger charge is -2.28. The van der Waals surface area contributed by atoms with E-state index in [-0.39, 0.29) is 0 Å². The van der Waals surface area contributed by atoms with Gasteiger partial charge in [0.25, 0.3) is 0 Å². The molecular formula is C32H32N6O2. The van der Waals surface area contributed by atoms with Gasteiger partial charge in [-0.15, -0.1) is 0 Å². The zero-order valence-electron chi connectivity index (χ0n) is 23.4. The van der Waals surface area contributed by atoms with Crippen molar-refractivity contribution in [2.75, 3.05) is 31.1 Å². The van der Waals surface area contributed by atoms with Crippen LogP contribution in [0.1, 0.15) is 22.4 Å². The van der Waals surface area contributed by atoms with Crippen LogP contribution >= 0.6 is 0 Å². The van der Waals surface area contributed by atoms with Crippen LogP contribution < -0.4 is 19.3 Å². The molecule has 2 aromatic heterocycles. The lowest BCUT2D eigenvalue weighted by atomic mass is 10.1. The maximum atomic E-state index is 9.28. The first-order chi connectivity index (χ1) is 19.4. The molecule has 0 N–H and O–H groups in total. The minimum atomic E-state index is 0.405. The average molecular weight is 533 g/mol. The van der Waals surface area contributed by atoms with Crippen LogP contribution in [0.4, 0.5) is 17.1 Å². The van der Waals surface area contributed by atoms with Gasteiger partial charge in [0.1, 0.15) is 28.8 Å². The molecule has 3 aromatic carbocycles. The normalized spacial score (nSPS) is 10.8. The second kappa shape index (κ2) is 11.4. The van der Waals surface area contributed by atoms with Gasteiger partial charge in [0.15, 0.2) is 0 Å². The average Bonchev–Trinajstić information content (AvgIpc) is 3.37. The van der Waals surface area contributed by atoms with Crippen molar-refractivity contribution >= 4 is 28.1 Å². The molecule has 0 aliphatic rings. The Balaban J connectivity index is 1.61. The van der Waals surface area contributed by atoms with Crippen LogP contribution in [0.5, 0.6) is 11.5 Å². The van der Waals surface area contributed by atoms with Gasteiger partial charge in [-0.1, -0.05) is 24.3 Å². The molecule has 0 fully saturated rings. The fraction of sp³-hybridized carbons (Fsp3) is 0.219. The van der Waals surface area contributed by atoms with E-state index < -0.39 is 0 Å². The molecular weight excluding hydrogens is 500 g/mol. The summed E-state index contributed by atoms with van der Waals surface area (Å²) in [5, 5.41) is 9.28. The summed E-state index contributed by atoms with van der Waals surface area (Å²) in [7, 11) is 7.38. The van der Waals surface area contributed by atoms with E-state index in [1.807, 2.05) is 62.2 Å². The number of hydrogen-bond acceptors (Lipinski definition) is 7. The van der Waals surface area contributed by atoms with E-state index in [0.717, 1.165) is 56.3 Å². The summed E-state index contributed by atoms with van der Waals surface area (Å²) in [6, 6.07) is 24.6. The molecule has 0 aliphatic heterocycles. The second-order valence-electron chi connectivity index (χ2n) is 9.77. The Bertz CT molecular complexity index is 1620. The summed E-state index contributed by atoms with van der Waals surface area (Å²) in [6.45, 7) is 3.34. The number of nitrogens with zero attached hydrogens (tertiary/aromatic N) is 6. The van der Waals surface area contributed by atoms with E-state index in [0.29, 0.717) is 18.8 Å². The molecule has 0 unspecified atom stereocenters. The van der Waals surface area contributed by atoms with Crippen molar-refractivity contribution in [1.29, 1.82) is 5.26 Å². The van der Waals surface area contributed by atoms with E-state index in [2.05, 4.69) is 57.3 Å². The van der Waals surface area contributed by atoms with Gasteiger partial charge in [0.05, 0.1) is 43.6 Å². The van der Waals surface area contributed by atoms with Crippen molar-refractivity contribution in [3.63, 3.8) is 0 Å². The summed E-state index contributed by atoms with van der Waals surface area (Å²) in [4.78, 5) is 13.6. The zero-order valence-corrected chi connectivity index (χ0v) is 23.4. The number of hydrogen-bond donors (Lipinski definition) is 0. The second-order valence-corrected chi connectivity index (χ2v) is 9.77. The number of aryl methyl sites for hydroxylation is 2. The van der Waals surface area contributed by atoms with Gasteiger partial charge in [-0.25, -0.2) is 9.97 Å². The van der Waals surface area contributed by atoms with Crippen LogP contribution in [0, 0.1) is 18.3 Å². The first kappa shape index (κ1) is 26.6. The molecule has 0 spiro atoms. The molecule has 202 valence electrons. The lowest BCUT2D eigenvalue weighted by Crippen LogP contribution is -2.23. The van der Waals surface area contributed by atoms with Gasteiger partial charge in [0.2, 0.25) is 0 Å². The molecule has 0 atom stereocenters. The van der Waals surface area contributed by atoms with Crippen molar-refractivity contribution in [2.45, 2.75) is 20.0 Å². The van der Waals surface area contributed by atoms with E-state index in [1.54, 1.807) is 20.4 Å². The van der Waals surface area contributed by atoms with E-state index in [4.69, 9.17) is 14.5 Å². The lowest BCUT2D eigenvalue weighted by molar-refractivity contribution is 0.414. The topological polar surface area (TPSA) is 79.4 Å². The number of aromatic nitrogens is 3. The highest BCUT2D eigenvalue weighted by Gasteiger charge is 2.19.